The maximum Gasteiger partial charge on any atom is 0.227 e. The number of carbonyl (C=O) groups excluding carboxylic acids is 2. The van der Waals surface area contributed by atoms with Gasteiger partial charge >= 0.3 is 0 Å². The molecular formula is C28H30N4O2. The number of carbonyl (C=O) groups is 2. The van der Waals surface area contributed by atoms with Gasteiger partial charge in [-0.15, -0.1) is 0 Å². The van der Waals surface area contributed by atoms with Crippen LogP contribution in [0.4, 0.5) is 0 Å². The molecule has 0 aliphatic carbocycles. The molecule has 4 aromatic rings. The highest BCUT2D eigenvalue weighted by molar-refractivity contribution is 5.89. The summed E-state index contributed by atoms with van der Waals surface area (Å²) in [7, 11) is 0. The van der Waals surface area contributed by atoms with Crippen molar-refractivity contribution in [1.29, 1.82) is 0 Å². The fourth-order valence-electron chi connectivity index (χ4n) is 4.71. The molecule has 34 heavy (non-hydrogen) atoms. The molecule has 1 aromatic heterocycles. The van der Waals surface area contributed by atoms with Crippen LogP contribution >= 0.6 is 0 Å². The highest BCUT2D eigenvalue weighted by Crippen LogP contribution is 2.21. The van der Waals surface area contributed by atoms with Gasteiger partial charge < -0.3 is 20.1 Å². The number of rotatable bonds is 7. The highest BCUT2D eigenvalue weighted by atomic mass is 16.2. The first-order valence-corrected chi connectivity index (χ1v) is 12.0. The molecule has 5 rings (SSSR count). The monoisotopic (exact) mass is 454 g/mol. The fourth-order valence-corrected chi connectivity index (χ4v) is 4.71. The third-order valence-electron chi connectivity index (χ3n) is 6.62. The lowest BCUT2D eigenvalue weighted by Gasteiger charge is -2.29. The summed E-state index contributed by atoms with van der Waals surface area (Å²) < 4.78 is 0. The van der Waals surface area contributed by atoms with Crippen LogP contribution in [0.5, 0.6) is 0 Å². The number of para-hydroxylation sites is 1. The van der Waals surface area contributed by atoms with Crippen LogP contribution in [0.2, 0.25) is 0 Å². The Balaban J connectivity index is 1.34. The van der Waals surface area contributed by atoms with Crippen molar-refractivity contribution in [2.45, 2.75) is 19.4 Å². The number of aromatic amines is 1. The van der Waals surface area contributed by atoms with Gasteiger partial charge in [0.15, 0.2) is 0 Å². The summed E-state index contributed by atoms with van der Waals surface area (Å²) in [4.78, 5) is 33.3. The molecule has 0 saturated carbocycles. The third kappa shape index (κ3) is 4.97. The standard InChI is InChI=1S/C28H30N4O2/c33-27(31-15-12-29-13-16-31)11-14-32(20-21-9-10-22-5-1-2-6-23(22)17-21)28(34)18-24-19-30-26-8-4-3-7-25(24)26/h1-10,17,19,29-30H,11-16,18,20H2. The predicted octanol–water partition coefficient (Wildman–Crippen LogP) is 3.71. The number of amides is 2. The van der Waals surface area contributed by atoms with Crippen molar-refractivity contribution in [3.8, 4) is 0 Å². The zero-order chi connectivity index (χ0) is 23.3. The second-order valence-corrected chi connectivity index (χ2v) is 8.91. The number of hydrogen-bond acceptors (Lipinski definition) is 3. The molecular weight excluding hydrogens is 424 g/mol. The maximum atomic E-state index is 13.5. The third-order valence-corrected chi connectivity index (χ3v) is 6.62. The van der Waals surface area contributed by atoms with Gasteiger partial charge in [-0.1, -0.05) is 54.6 Å². The summed E-state index contributed by atoms with van der Waals surface area (Å²) in [6.45, 7) is 4.01. The van der Waals surface area contributed by atoms with Gasteiger partial charge in [-0.05, 0) is 34.0 Å². The van der Waals surface area contributed by atoms with Gasteiger partial charge in [0.1, 0.15) is 0 Å². The van der Waals surface area contributed by atoms with Crippen molar-refractivity contribution in [2.24, 2.45) is 0 Å². The van der Waals surface area contributed by atoms with Crippen LogP contribution in [0.1, 0.15) is 17.5 Å². The van der Waals surface area contributed by atoms with Gasteiger partial charge in [-0.3, -0.25) is 9.59 Å². The van der Waals surface area contributed by atoms with Gasteiger partial charge in [0.25, 0.3) is 0 Å². The van der Waals surface area contributed by atoms with Crippen molar-refractivity contribution < 1.29 is 9.59 Å². The van der Waals surface area contributed by atoms with Crippen LogP contribution in [0.15, 0.2) is 72.9 Å². The van der Waals surface area contributed by atoms with Crippen LogP contribution in [0.25, 0.3) is 21.7 Å². The van der Waals surface area contributed by atoms with Crippen molar-refractivity contribution in [3.05, 3.63) is 84.1 Å². The number of hydrogen-bond donors (Lipinski definition) is 2. The van der Waals surface area contributed by atoms with Crippen LogP contribution in [-0.2, 0) is 22.6 Å². The molecule has 1 aliphatic rings. The van der Waals surface area contributed by atoms with Crippen LogP contribution in [0, 0.1) is 0 Å². The van der Waals surface area contributed by atoms with E-state index in [1.807, 2.05) is 52.4 Å². The Labute approximate surface area is 199 Å². The number of H-pyrrole nitrogens is 1. The predicted molar refractivity (Wildman–Crippen MR) is 135 cm³/mol. The smallest absolute Gasteiger partial charge is 0.227 e. The van der Waals surface area contributed by atoms with Gasteiger partial charge in [0, 0.05) is 62.8 Å². The van der Waals surface area contributed by atoms with E-state index in [1.54, 1.807) is 0 Å². The first kappa shape index (κ1) is 22.2. The Morgan fingerprint density at radius 3 is 2.53 bits per heavy atom. The Morgan fingerprint density at radius 1 is 0.912 bits per heavy atom. The molecule has 3 aromatic carbocycles. The van der Waals surface area contributed by atoms with E-state index in [0.29, 0.717) is 25.9 Å². The van der Waals surface area contributed by atoms with E-state index < -0.39 is 0 Å². The van der Waals surface area contributed by atoms with E-state index in [-0.39, 0.29) is 11.8 Å². The normalized spacial score (nSPS) is 13.9. The summed E-state index contributed by atoms with van der Waals surface area (Å²) >= 11 is 0. The Kier molecular flexibility index (Phi) is 6.58. The van der Waals surface area contributed by atoms with Gasteiger partial charge in [-0.2, -0.15) is 0 Å². The molecule has 2 amide bonds. The van der Waals surface area contributed by atoms with E-state index in [0.717, 1.165) is 53.6 Å². The molecule has 0 spiro atoms. The second-order valence-electron chi connectivity index (χ2n) is 8.91. The summed E-state index contributed by atoms with van der Waals surface area (Å²) in [5.41, 5.74) is 3.08. The number of nitrogens with zero attached hydrogens (tertiary/aromatic N) is 2. The highest BCUT2D eigenvalue weighted by Gasteiger charge is 2.21. The lowest BCUT2D eigenvalue weighted by atomic mass is 10.1. The van der Waals surface area contributed by atoms with E-state index in [2.05, 4.69) is 40.6 Å². The quantitative estimate of drug-likeness (QED) is 0.447. The maximum absolute atomic E-state index is 13.5. The molecule has 0 radical (unpaired) electrons. The fraction of sp³-hybridized carbons (Fsp3) is 0.286. The van der Waals surface area contributed by atoms with E-state index in [1.165, 1.54) is 5.39 Å². The number of piperazine rings is 1. The first-order valence-electron chi connectivity index (χ1n) is 12.0. The lowest BCUT2D eigenvalue weighted by Crippen LogP contribution is -2.47. The van der Waals surface area contributed by atoms with Crippen LogP contribution in [-0.4, -0.2) is 59.3 Å². The number of benzene rings is 3. The second kappa shape index (κ2) is 10.1. The number of nitrogens with one attached hydrogen (secondary N) is 2. The minimum Gasteiger partial charge on any atom is -0.361 e. The summed E-state index contributed by atoms with van der Waals surface area (Å²) in [5, 5.41) is 6.68. The summed E-state index contributed by atoms with van der Waals surface area (Å²) in [6.07, 6.45) is 2.56. The van der Waals surface area contributed by atoms with Crippen molar-refractivity contribution in [1.82, 2.24) is 20.1 Å². The molecule has 1 saturated heterocycles. The zero-order valence-corrected chi connectivity index (χ0v) is 19.3. The Morgan fingerprint density at radius 2 is 1.68 bits per heavy atom. The number of aromatic nitrogens is 1. The molecule has 0 bridgehead atoms. The van der Waals surface area contributed by atoms with Crippen molar-refractivity contribution >= 4 is 33.5 Å². The minimum absolute atomic E-state index is 0.0334. The summed E-state index contributed by atoms with van der Waals surface area (Å²) in [6, 6.07) is 22.6. The minimum atomic E-state index is 0.0334. The van der Waals surface area contributed by atoms with E-state index in [4.69, 9.17) is 0 Å². The Bertz CT molecular complexity index is 1310. The topological polar surface area (TPSA) is 68.4 Å². The van der Waals surface area contributed by atoms with Gasteiger partial charge in [-0.25, -0.2) is 0 Å². The van der Waals surface area contributed by atoms with Crippen molar-refractivity contribution in [2.75, 3.05) is 32.7 Å². The molecule has 174 valence electrons. The van der Waals surface area contributed by atoms with Crippen LogP contribution < -0.4 is 5.32 Å². The van der Waals surface area contributed by atoms with Gasteiger partial charge in [0.05, 0.1) is 6.42 Å². The first-order chi connectivity index (χ1) is 16.7. The number of fused-ring (bicyclic) bond motifs is 2. The molecule has 1 aliphatic heterocycles. The van der Waals surface area contributed by atoms with E-state index >= 15 is 0 Å². The molecule has 6 heteroatoms. The zero-order valence-electron chi connectivity index (χ0n) is 19.3. The SMILES string of the molecule is O=C(CCN(Cc1ccc2ccccc2c1)C(=O)Cc1c[nH]c2ccccc12)N1CCNCC1. The van der Waals surface area contributed by atoms with Crippen molar-refractivity contribution in [3.63, 3.8) is 0 Å². The average Bonchev–Trinajstić information content (AvgIpc) is 3.29. The molecule has 0 atom stereocenters. The molecule has 1 fully saturated rings. The Hall–Kier alpha value is -3.64. The lowest BCUT2D eigenvalue weighted by molar-refractivity contribution is -0.134. The van der Waals surface area contributed by atoms with Gasteiger partial charge in [0.2, 0.25) is 11.8 Å². The average molecular weight is 455 g/mol. The molecule has 6 nitrogen and oxygen atoms in total. The molecule has 2 N–H and O–H groups in total. The van der Waals surface area contributed by atoms with Crippen LogP contribution in [0.3, 0.4) is 0 Å². The van der Waals surface area contributed by atoms with E-state index in [9.17, 15) is 9.59 Å². The molecule has 2 heterocycles. The summed E-state index contributed by atoms with van der Waals surface area (Å²) in [5.74, 6) is 0.149. The molecule has 0 unspecified atom stereocenters. The largest absolute Gasteiger partial charge is 0.361 e.